The van der Waals surface area contributed by atoms with E-state index in [0.29, 0.717) is 19.4 Å². The molecule has 0 heterocycles. The van der Waals surface area contributed by atoms with Crippen LogP contribution in [0.1, 0.15) is 252 Å². The molecule has 1 unspecified atom stereocenters. The lowest BCUT2D eigenvalue weighted by Gasteiger charge is -2.18. The van der Waals surface area contributed by atoms with Gasteiger partial charge in [-0.15, -0.1) is 0 Å². The third kappa shape index (κ3) is 53.4. The van der Waals surface area contributed by atoms with Gasteiger partial charge >= 0.3 is 11.9 Å². The lowest BCUT2D eigenvalue weighted by atomic mass is 10.1. The van der Waals surface area contributed by atoms with Crippen molar-refractivity contribution in [1.29, 1.82) is 0 Å². The Balaban J connectivity index is 4.37. The van der Waals surface area contributed by atoms with Gasteiger partial charge < -0.3 is 14.2 Å². The van der Waals surface area contributed by atoms with Crippen LogP contribution in [0.3, 0.4) is 0 Å². The summed E-state index contributed by atoms with van der Waals surface area (Å²) in [5.41, 5.74) is 0. The summed E-state index contributed by atoms with van der Waals surface area (Å²) < 4.78 is 17.4. The van der Waals surface area contributed by atoms with E-state index in [1.54, 1.807) is 0 Å². The average molecular weight is 917 g/mol. The van der Waals surface area contributed by atoms with E-state index in [1.807, 2.05) is 0 Å². The molecule has 0 aliphatic heterocycles. The fraction of sp³-hybridized carbons (Fsp3) is 0.705. The molecule has 0 aromatic heterocycles. The van der Waals surface area contributed by atoms with Gasteiger partial charge in [-0.05, 0) is 122 Å². The molecule has 0 fully saturated rings. The Bertz CT molecular complexity index is 1270. The van der Waals surface area contributed by atoms with E-state index in [0.717, 1.165) is 96.3 Å². The third-order valence-corrected chi connectivity index (χ3v) is 11.6. The summed E-state index contributed by atoms with van der Waals surface area (Å²) in [4.78, 5) is 25.5. The number of carbonyl (C=O) groups is 2. The van der Waals surface area contributed by atoms with Gasteiger partial charge in [-0.2, -0.15) is 0 Å². The minimum Gasteiger partial charge on any atom is -0.462 e. The van der Waals surface area contributed by atoms with Crippen LogP contribution in [-0.4, -0.2) is 37.9 Å². The molecule has 0 N–H and O–H groups in total. The minimum absolute atomic E-state index is 0.0550. The molecule has 0 aromatic carbocycles. The van der Waals surface area contributed by atoms with Gasteiger partial charge in [0.25, 0.3) is 0 Å². The van der Waals surface area contributed by atoms with Gasteiger partial charge in [-0.3, -0.25) is 9.59 Å². The molecule has 0 rings (SSSR count). The Kier molecular flexibility index (Phi) is 53.4. The number of ether oxygens (including phenoxy) is 3. The van der Waals surface area contributed by atoms with E-state index in [1.165, 1.54) is 122 Å². The molecule has 0 aromatic rings. The van der Waals surface area contributed by atoms with Crippen LogP contribution < -0.4 is 0 Å². The lowest BCUT2D eigenvalue weighted by molar-refractivity contribution is -0.163. The molecule has 0 spiro atoms. The zero-order valence-corrected chi connectivity index (χ0v) is 43.4. The monoisotopic (exact) mass is 917 g/mol. The van der Waals surface area contributed by atoms with Gasteiger partial charge in [0.2, 0.25) is 0 Å². The van der Waals surface area contributed by atoms with Gasteiger partial charge in [0, 0.05) is 19.4 Å². The molecule has 1 atom stereocenters. The van der Waals surface area contributed by atoms with Crippen LogP contribution in [-0.2, 0) is 23.8 Å². The topological polar surface area (TPSA) is 61.8 Å². The SMILES string of the molecule is CC/C=C\C/C=C\C/C=C\C/C=C\CCCCC(=O)OC(COCCCCCCCC/C=C\CCCCCCCC)COC(=O)CCCCCCCC/C=C\C/C=C\C/C=C\CCCCC. The quantitative estimate of drug-likeness (QED) is 0.0346. The van der Waals surface area contributed by atoms with Crippen LogP contribution in [0.15, 0.2) is 97.2 Å². The molecule has 5 nitrogen and oxygen atoms in total. The van der Waals surface area contributed by atoms with E-state index < -0.39 is 6.10 Å². The van der Waals surface area contributed by atoms with Crippen molar-refractivity contribution in [2.75, 3.05) is 19.8 Å². The first-order valence-corrected chi connectivity index (χ1v) is 27.8. The van der Waals surface area contributed by atoms with Crippen LogP contribution in [0.5, 0.6) is 0 Å². The molecule has 66 heavy (non-hydrogen) atoms. The molecule has 0 saturated heterocycles. The molecule has 0 amide bonds. The third-order valence-electron chi connectivity index (χ3n) is 11.6. The molecule has 378 valence electrons. The van der Waals surface area contributed by atoms with Crippen molar-refractivity contribution in [3.63, 3.8) is 0 Å². The summed E-state index contributed by atoms with van der Waals surface area (Å²) in [7, 11) is 0. The minimum atomic E-state index is -0.572. The summed E-state index contributed by atoms with van der Waals surface area (Å²) in [5.74, 6) is -0.463. The van der Waals surface area contributed by atoms with Crippen molar-refractivity contribution in [3.05, 3.63) is 97.2 Å². The lowest BCUT2D eigenvalue weighted by Crippen LogP contribution is -2.30. The predicted molar refractivity (Wildman–Crippen MR) is 288 cm³/mol. The number of unbranched alkanes of at least 4 members (excludes halogenated alkanes) is 23. The highest BCUT2D eigenvalue weighted by Gasteiger charge is 2.17. The highest BCUT2D eigenvalue weighted by Crippen LogP contribution is 2.13. The molecular formula is C61H104O5. The Morgan fingerprint density at radius 1 is 0.348 bits per heavy atom. The van der Waals surface area contributed by atoms with Crippen molar-refractivity contribution in [2.24, 2.45) is 0 Å². The van der Waals surface area contributed by atoms with E-state index in [4.69, 9.17) is 14.2 Å². The number of rotatable bonds is 50. The molecule has 0 radical (unpaired) electrons. The number of hydrogen-bond donors (Lipinski definition) is 0. The van der Waals surface area contributed by atoms with Gasteiger partial charge in [0.1, 0.15) is 6.61 Å². The Hall–Kier alpha value is -3.18. The van der Waals surface area contributed by atoms with Crippen LogP contribution in [0, 0.1) is 0 Å². The fourth-order valence-electron chi connectivity index (χ4n) is 7.44. The van der Waals surface area contributed by atoms with Crippen molar-refractivity contribution in [3.8, 4) is 0 Å². The molecule has 5 heteroatoms. The van der Waals surface area contributed by atoms with Crippen LogP contribution in [0.2, 0.25) is 0 Å². The molecule has 0 bridgehead atoms. The maximum Gasteiger partial charge on any atom is 0.306 e. The van der Waals surface area contributed by atoms with E-state index >= 15 is 0 Å². The highest BCUT2D eigenvalue weighted by molar-refractivity contribution is 5.70. The first kappa shape index (κ1) is 62.8. The fourth-order valence-corrected chi connectivity index (χ4v) is 7.44. The number of esters is 2. The summed E-state index contributed by atoms with van der Waals surface area (Å²) in [6.45, 7) is 7.62. The maximum atomic E-state index is 12.8. The second-order valence-corrected chi connectivity index (χ2v) is 18.1. The van der Waals surface area contributed by atoms with E-state index in [9.17, 15) is 9.59 Å². The number of hydrogen-bond acceptors (Lipinski definition) is 5. The summed E-state index contributed by atoms with van der Waals surface area (Å²) in [6.07, 6.45) is 75.6. The van der Waals surface area contributed by atoms with Gasteiger partial charge in [-0.25, -0.2) is 0 Å². The average Bonchev–Trinajstić information content (AvgIpc) is 3.32. The Morgan fingerprint density at radius 3 is 1.17 bits per heavy atom. The predicted octanol–water partition coefficient (Wildman–Crippen LogP) is 19.0. The maximum absolute atomic E-state index is 12.8. The van der Waals surface area contributed by atoms with Crippen LogP contribution >= 0.6 is 0 Å². The standard InChI is InChI=1S/C61H104O5/c1-4-7-10-13-16-19-22-25-28-30-31-32-34-36-39-42-45-48-51-54-60(62)65-58-59(57-64-56-53-50-47-44-41-38-35-29-26-23-20-17-14-11-8-5-2)66-61(63)55-52-49-46-43-40-37-33-27-24-21-18-15-12-9-6-3/h9,12,16,18-19,21,25-29,31-33,40,43,59H,4-8,10-11,13-15,17,20,22-24,30,34-39,41-42,44-58H2,1-3H3/b12-9-,19-16-,21-18-,28-25-,29-26-,32-31-,33-27-,43-40-. The van der Waals surface area contributed by atoms with Crippen molar-refractivity contribution >= 4 is 11.9 Å². The molecular weight excluding hydrogens is 813 g/mol. The Labute approximate surface area is 409 Å². The largest absolute Gasteiger partial charge is 0.462 e. The van der Waals surface area contributed by atoms with Crippen molar-refractivity contribution in [1.82, 2.24) is 0 Å². The smallest absolute Gasteiger partial charge is 0.306 e. The van der Waals surface area contributed by atoms with Crippen LogP contribution in [0.4, 0.5) is 0 Å². The Morgan fingerprint density at radius 2 is 0.682 bits per heavy atom. The summed E-state index contributed by atoms with van der Waals surface area (Å²) in [5, 5.41) is 0. The molecule has 0 aliphatic rings. The van der Waals surface area contributed by atoms with Gasteiger partial charge in [-0.1, -0.05) is 214 Å². The molecule has 0 saturated carbocycles. The van der Waals surface area contributed by atoms with Crippen molar-refractivity contribution < 1.29 is 23.8 Å². The normalized spacial score (nSPS) is 13.0. The second-order valence-electron chi connectivity index (χ2n) is 18.1. The first-order chi connectivity index (χ1) is 32.6. The number of carbonyl (C=O) groups excluding carboxylic acids is 2. The van der Waals surface area contributed by atoms with E-state index in [-0.39, 0.29) is 25.2 Å². The molecule has 0 aliphatic carbocycles. The first-order valence-electron chi connectivity index (χ1n) is 27.8. The zero-order chi connectivity index (χ0) is 47.7. The van der Waals surface area contributed by atoms with Crippen molar-refractivity contribution in [2.45, 2.75) is 258 Å². The summed E-state index contributed by atoms with van der Waals surface area (Å²) >= 11 is 0. The zero-order valence-electron chi connectivity index (χ0n) is 43.4. The highest BCUT2D eigenvalue weighted by atomic mass is 16.6. The second kappa shape index (κ2) is 56.1. The van der Waals surface area contributed by atoms with Crippen LogP contribution in [0.25, 0.3) is 0 Å². The van der Waals surface area contributed by atoms with Gasteiger partial charge in [0.05, 0.1) is 6.61 Å². The van der Waals surface area contributed by atoms with E-state index in [2.05, 4.69) is 118 Å². The van der Waals surface area contributed by atoms with Gasteiger partial charge in [0.15, 0.2) is 6.10 Å². The summed E-state index contributed by atoms with van der Waals surface area (Å²) in [6, 6.07) is 0. The number of allylic oxidation sites excluding steroid dienone is 16.